The standard InChI is InChI=1S/C15H19NO2/c17-15(8-9-16-12-4-5-12)11-2-1-3-14(10-11)18-13-6-7-13/h1-3,10,12-13,16H,4-9H2. The molecule has 0 aromatic heterocycles. The highest BCUT2D eigenvalue weighted by atomic mass is 16.5. The number of nitrogens with one attached hydrogen (secondary N) is 1. The van der Waals surface area contributed by atoms with E-state index >= 15 is 0 Å². The third-order valence-corrected chi connectivity index (χ3v) is 3.35. The Morgan fingerprint density at radius 2 is 2.11 bits per heavy atom. The van der Waals surface area contributed by atoms with Gasteiger partial charge in [-0.25, -0.2) is 0 Å². The number of hydrogen-bond donors (Lipinski definition) is 1. The van der Waals surface area contributed by atoms with Crippen LogP contribution in [0.1, 0.15) is 42.5 Å². The summed E-state index contributed by atoms with van der Waals surface area (Å²) in [7, 11) is 0. The molecule has 1 aromatic carbocycles. The third kappa shape index (κ3) is 3.33. The fourth-order valence-electron chi connectivity index (χ4n) is 1.94. The zero-order chi connectivity index (χ0) is 12.4. The van der Waals surface area contributed by atoms with Crippen LogP contribution in [0.25, 0.3) is 0 Å². The van der Waals surface area contributed by atoms with E-state index in [1.807, 2.05) is 24.3 Å². The van der Waals surface area contributed by atoms with Gasteiger partial charge in [-0.1, -0.05) is 12.1 Å². The van der Waals surface area contributed by atoms with Crippen LogP contribution in [-0.4, -0.2) is 24.5 Å². The van der Waals surface area contributed by atoms with Gasteiger partial charge in [-0.2, -0.15) is 0 Å². The van der Waals surface area contributed by atoms with Crippen LogP contribution in [0.15, 0.2) is 24.3 Å². The molecule has 0 spiro atoms. The normalized spacial score (nSPS) is 18.7. The first-order chi connectivity index (χ1) is 8.81. The molecule has 0 amide bonds. The molecule has 2 saturated carbocycles. The SMILES string of the molecule is O=C(CCNC1CC1)c1cccc(OC2CC2)c1. The van der Waals surface area contributed by atoms with Crippen LogP contribution in [0.4, 0.5) is 0 Å². The van der Waals surface area contributed by atoms with Gasteiger partial charge in [-0.15, -0.1) is 0 Å². The van der Waals surface area contributed by atoms with Crippen molar-refractivity contribution in [2.75, 3.05) is 6.54 Å². The lowest BCUT2D eigenvalue weighted by Gasteiger charge is -2.07. The van der Waals surface area contributed by atoms with Gasteiger partial charge in [0, 0.05) is 24.6 Å². The number of hydrogen-bond acceptors (Lipinski definition) is 3. The van der Waals surface area contributed by atoms with E-state index in [1.165, 1.54) is 12.8 Å². The van der Waals surface area contributed by atoms with Crippen molar-refractivity contribution < 1.29 is 9.53 Å². The van der Waals surface area contributed by atoms with Crippen molar-refractivity contribution in [3.63, 3.8) is 0 Å². The van der Waals surface area contributed by atoms with Crippen LogP contribution in [0.3, 0.4) is 0 Å². The van der Waals surface area contributed by atoms with E-state index in [0.29, 0.717) is 18.6 Å². The summed E-state index contributed by atoms with van der Waals surface area (Å²) >= 11 is 0. The quantitative estimate of drug-likeness (QED) is 0.750. The Bertz CT molecular complexity index is 436. The molecule has 2 aliphatic rings. The highest BCUT2D eigenvalue weighted by Gasteiger charge is 2.24. The van der Waals surface area contributed by atoms with Gasteiger partial charge in [0.05, 0.1) is 6.10 Å². The van der Waals surface area contributed by atoms with E-state index in [-0.39, 0.29) is 5.78 Å². The van der Waals surface area contributed by atoms with Crippen molar-refractivity contribution in [3.05, 3.63) is 29.8 Å². The molecule has 96 valence electrons. The van der Waals surface area contributed by atoms with Crippen molar-refractivity contribution in [2.24, 2.45) is 0 Å². The van der Waals surface area contributed by atoms with E-state index < -0.39 is 0 Å². The lowest BCUT2D eigenvalue weighted by Crippen LogP contribution is -2.20. The first-order valence-corrected chi connectivity index (χ1v) is 6.84. The van der Waals surface area contributed by atoms with E-state index in [2.05, 4.69) is 5.32 Å². The summed E-state index contributed by atoms with van der Waals surface area (Å²) < 4.78 is 5.70. The Morgan fingerprint density at radius 3 is 2.83 bits per heavy atom. The molecule has 1 N–H and O–H groups in total. The average molecular weight is 245 g/mol. The topological polar surface area (TPSA) is 38.3 Å². The largest absolute Gasteiger partial charge is 0.490 e. The Balaban J connectivity index is 1.53. The molecule has 0 radical (unpaired) electrons. The highest BCUT2D eigenvalue weighted by Crippen LogP contribution is 2.27. The molecule has 1 aromatic rings. The molecule has 3 heteroatoms. The summed E-state index contributed by atoms with van der Waals surface area (Å²) in [4.78, 5) is 12.0. The molecular formula is C15H19NO2. The van der Waals surface area contributed by atoms with Crippen molar-refractivity contribution in [1.29, 1.82) is 0 Å². The van der Waals surface area contributed by atoms with Crippen molar-refractivity contribution in [3.8, 4) is 5.75 Å². The zero-order valence-corrected chi connectivity index (χ0v) is 10.5. The summed E-state index contributed by atoms with van der Waals surface area (Å²) in [6.07, 6.45) is 5.76. The molecule has 18 heavy (non-hydrogen) atoms. The highest BCUT2D eigenvalue weighted by molar-refractivity contribution is 5.96. The van der Waals surface area contributed by atoms with Gasteiger partial charge in [-0.05, 0) is 37.8 Å². The summed E-state index contributed by atoms with van der Waals surface area (Å²) in [5.74, 6) is 1.03. The van der Waals surface area contributed by atoms with Crippen LogP contribution in [-0.2, 0) is 0 Å². The fraction of sp³-hybridized carbons (Fsp3) is 0.533. The van der Waals surface area contributed by atoms with Crippen LogP contribution in [0, 0.1) is 0 Å². The molecule has 0 atom stereocenters. The van der Waals surface area contributed by atoms with Crippen molar-refractivity contribution in [2.45, 2.75) is 44.2 Å². The molecule has 3 rings (SSSR count). The Kier molecular flexibility index (Phi) is 3.33. The monoisotopic (exact) mass is 245 g/mol. The molecule has 0 bridgehead atoms. The second kappa shape index (κ2) is 5.11. The van der Waals surface area contributed by atoms with Crippen molar-refractivity contribution in [1.82, 2.24) is 5.32 Å². The number of benzene rings is 1. The van der Waals surface area contributed by atoms with Gasteiger partial charge in [0.15, 0.2) is 5.78 Å². The number of ketones is 1. The molecule has 0 unspecified atom stereocenters. The molecule has 3 nitrogen and oxygen atoms in total. The van der Waals surface area contributed by atoms with Crippen LogP contribution < -0.4 is 10.1 Å². The number of Topliss-reactive ketones (excluding diaryl/α,β-unsaturated/α-hetero) is 1. The van der Waals surface area contributed by atoms with Gasteiger partial charge in [0.25, 0.3) is 0 Å². The minimum Gasteiger partial charge on any atom is -0.490 e. The maximum Gasteiger partial charge on any atom is 0.164 e. The van der Waals surface area contributed by atoms with E-state index in [9.17, 15) is 4.79 Å². The smallest absolute Gasteiger partial charge is 0.164 e. The number of ether oxygens (including phenoxy) is 1. The van der Waals surface area contributed by atoms with E-state index in [1.54, 1.807) is 0 Å². The van der Waals surface area contributed by atoms with Gasteiger partial charge in [-0.3, -0.25) is 4.79 Å². The lowest BCUT2D eigenvalue weighted by atomic mass is 10.1. The molecule has 2 fully saturated rings. The predicted molar refractivity (Wildman–Crippen MR) is 70.1 cm³/mol. The zero-order valence-electron chi connectivity index (χ0n) is 10.5. The maximum atomic E-state index is 12.0. The van der Waals surface area contributed by atoms with Gasteiger partial charge >= 0.3 is 0 Å². The van der Waals surface area contributed by atoms with Crippen LogP contribution in [0.2, 0.25) is 0 Å². The Labute approximate surface area is 108 Å². The van der Waals surface area contributed by atoms with Gasteiger partial charge in [0.2, 0.25) is 0 Å². The average Bonchev–Trinajstić information content (AvgIpc) is 3.24. The Morgan fingerprint density at radius 1 is 1.28 bits per heavy atom. The minimum absolute atomic E-state index is 0.199. The van der Waals surface area contributed by atoms with Crippen LogP contribution >= 0.6 is 0 Å². The first-order valence-electron chi connectivity index (χ1n) is 6.84. The second-order valence-electron chi connectivity index (χ2n) is 5.25. The summed E-state index contributed by atoms with van der Waals surface area (Å²) in [5.41, 5.74) is 0.769. The molecular weight excluding hydrogens is 226 g/mol. The predicted octanol–water partition coefficient (Wildman–Crippen LogP) is 2.55. The number of carbonyl (C=O) groups is 1. The lowest BCUT2D eigenvalue weighted by molar-refractivity contribution is 0.0982. The minimum atomic E-state index is 0.199. The molecule has 0 heterocycles. The van der Waals surface area contributed by atoms with Gasteiger partial charge < -0.3 is 10.1 Å². The van der Waals surface area contributed by atoms with E-state index in [4.69, 9.17) is 4.74 Å². The maximum absolute atomic E-state index is 12.0. The Hall–Kier alpha value is -1.35. The summed E-state index contributed by atoms with van der Waals surface area (Å²) in [6.45, 7) is 0.789. The molecule has 2 aliphatic carbocycles. The summed E-state index contributed by atoms with van der Waals surface area (Å²) in [5, 5.41) is 3.36. The second-order valence-corrected chi connectivity index (χ2v) is 5.25. The third-order valence-electron chi connectivity index (χ3n) is 3.35. The first kappa shape index (κ1) is 11.7. The van der Waals surface area contributed by atoms with Crippen LogP contribution in [0.5, 0.6) is 5.75 Å². The fourth-order valence-corrected chi connectivity index (χ4v) is 1.94. The number of carbonyl (C=O) groups excluding carboxylic acids is 1. The molecule has 0 aliphatic heterocycles. The molecule has 0 saturated heterocycles. The van der Waals surface area contributed by atoms with E-state index in [0.717, 1.165) is 30.7 Å². The van der Waals surface area contributed by atoms with Gasteiger partial charge in [0.1, 0.15) is 5.75 Å². The summed E-state index contributed by atoms with van der Waals surface area (Å²) in [6, 6.07) is 8.25. The van der Waals surface area contributed by atoms with Crippen molar-refractivity contribution >= 4 is 5.78 Å². The number of rotatable bonds is 7.